The summed E-state index contributed by atoms with van der Waals surface area (Å²) in [5, 5.41) is 0. The lowest BCUT2D eigenvalue weighted by atomic mass is 10.0. The van der Waals surface area contributed by atoms with Crippen molar-refractivity contribution < 1.29 is 18.0 Å². The van der Waals surface area contributed by atoms with Crippen molar-refractivity contribution in [2.24, 2.45) is 5.92 Å². The molecule has 0 bridgehead atoms. The van der Waals surface area contributed by atoms with Crippen LogP contribution >= 0.6 is 0 Å². The number of sulfone groups is 1. The van der Waals surface area contributed by atoms with Gasteiger partial charge in [-0.15, -0.1) is 0 Å². The highest BCUT2D eigenvalue weighted by atomic mass is 32.2. The Balaban J connectivity index is 1.82. The van der Waals surface area contributed by atoms with Gasteiger partial charge in [-0.2, -0.15) is 0 Å². The van der Waals surface area contributed by atoms with Crippen LogP contribution < -0.4 is 0 Å². The summed E-state index contributed by atoms with van der Waals surface area (Å²) in [6.07, 6.45) is 1.80. The number of piperazine rings is 1. The molecule has 0 N–H and O–H groups in total. The molecule has 6 nitrogen and oxygen atoms in total. The first-order chi connectivity index (χ1) is 9.37. The third-order valence-electron chi connectivity index (χ3n) is 4.10. The van der Waals surface area contributed by atoms with Crippen LogP contribution in [0.3, 0.4) is 0 Å². The maximum atomic E-state index is 12.2. The lowest BCUT2D eigenvalue weighted by molar-refractivity contribution is -0.139. The minimum atomic E-state index is -2.95. The van der Waals surface area contributed by atoms with Gasteiger partial charge in [-0.1, -0.05) is 0 Å². The molecular formula is C13H22N2O4S. The van der Waals surface area contributed by atoms with E-state index in [1.54, 1.807) is 9.80 Å². The summed E-state index contributed by atoms with van der Waals surface area (Å²) in [5.74, 6) is 0.430. The van der Waals surface area contributed by atoms with Gasteiger partial charge < -0.3 is 9.80 Å². The summed E-state index contributed by atoms with van der Waals surface area (Å²) < 4.78 is 23.1. The second-order valence-corrected chi connectivity index (χ2v) is 7.94. The Morgan fingerprint density at radius 1 is 1.10 bits per heavy atom. The van der Waals surface area contributed by atoms with Crippen molar-refractivity contribution in [2.45, 2.75) is 26.2 Å². The Bertz CT molecular complexity index is 481. The molecule has 114 valence electrons. The van der Waals surface area contributed by atoms with Crippen LogP contribution in [0.15, 0.2) is 0 Å². The van der Waals surface area contributed by atoms with E-state index in [-0.39, 0.29) is 29.2 Å². The predicted octanol–water partition coefficient (Wildman–Crippen LogP) is -0.108. The zero-order valence-corrected chi connectivity index (χ0v) is 12.7. The van der Waals surface area contributed by atoms with Crippen LogP contribution in [0.1, 0.15) is 26.2 Å². The predicted molar refractivity (Wildman–Crippen MR) is 74.8 cm³/mol. The molecule has 2 aliphatic rings. The molecule has 0 aromatic carbocycles. The van der Waals surface area contributed by atoms with Gasteiger partial charge >= 0.3 is 0 Å². The number of rotatable bonds is 2. The first kappa shape index (κ1) is 15.3. The van der Waals surface area contributed by atoms with E-state index in [4.69, 9.17) is 0 Å². The molecule has 2 heterocycles. The third-order valence-corrected chi connectivity index (χ3v) is 5.99. The number of carbonyl (C=O) groups excluding carboxylic acids is 2. The fraction of sp³-hybridized carbons (Fsp3) is 0.846. The van der Waals surface area contributed by atoms with E-state index in [9.17, 15) is 18.0 Å². The van der Waals surface area contributed by atoms with Gasteiger partial charge in [-0.05, 0) is 18.8 Å². The minimum absolute atomic E-state index is 0.0234. The fourth-order valence-corrected chi connectivity index (χ4v) is 4.70. The molecule has 0 aromatic rings. The van der Waals surface area contributed by atoms with Crippen molar-refractivity contribution >= 4 is 21.7 Å². The molecule has 2 rings (SSSR count). The quantitative estimate of drug-likeness (QED) is 0.713. The van der Waals surface area contributed by atoms with Gasteiger partial charge in [0.2, 0.25) is 11.8 Å². The molecule has 0 aromatic heterocycles. The molecule has 2 fully saturated rings. The third kappa shape index (κ3) is 3.94. The second-order valence-electron chi connectivity index (χ2n) is 5.71. The second kappa shape index (κ2) is 6.11. The van der Waals surface area contributed by atoms with E-state index < -0.39 is 9.84 Å². The first-order valence-corrected chi connectivity index (χ1v) is 8.93. The van der Waals surface area contributed by atoms with E-state index in [1.165, 1.54) is 6.92 Å². The Morgan fingerprint density at radius 3 is 2.25 bits per heavy atom. The van der Waals surface area contributed by atoms with Gasteiger partial charge in [0.15, 0.2) is 9.84 Å². The Labute approximate surface area is 120 Å². The Morgan fingerprint density at radius 2 is 1.70 bits per heavy atom. The first-order valence-electron chi connectivity index (χ1n) is 7.11. The normalized spacial score (nSPS) is 26.4. The van der Waals surface area contributed by atoms with Gasteiger partial charge in [0.05, 0.1) is 11.5 Å². The molecule has 2 amide bonds. The summed E-state index contributed by atoms with van der Waals surface area (Å²) in [7, 11) is -2.95. The average Bonchev–Trinajstić information content (AvgIpc) is 2.37. The fourth-order valence-electron chi connectivity index (χ4n) is 2.93. The molecule has 0 saturated carbocycles. The highest BCUT2D eigenvalue weighted by Gasteiger charge is 2.29. The van der Waals surface area contributed by atoms with Crippen LogP contribution in [0.25, 0.3) is 0 Å². The topological polar surface area (TPSA) is 74.8 Å². The summed E-state index contributed by atoms with van der Waals surface area (Å²) in [6, 6.07) is 0. The van der Waals surface area contributed by atoms with Crippen molar-refractivity contribution in [3.05, 3.63) is 0 Å². The number of amides is 2. The maximum absolute atomic E-state index is 12.2. The van der Waals surface area contributed by atoms with E-state index in [0.717, 1.165) is 6.42 Å². The maximum Gasteiger partial charge on any atom is 0.223 e. The van der Waals surface area contributed by atoms with E-state index in [0.29, 0.717) is 39.0 Å². The largest absolute Gasteiger partial charge is 0.339 e. The van der Waals surface area contributed by atoms with Crippen LogP contribution in [0.4, 0.5) is 0 Å². The molecule has 0 aliphatic carbocycles. The number of hydrogen-bond donors (Lipinski definition) is 0. The summed E-state index contributed by atoms with van der Waals surface area (Å²) >= 11 is 0. The standard InChI is InChI=1S/C13H22N2O4S/c1-11(16)14-4-6-15(7-5-14)13(17)9-12-3-2-8-20(18,19)10-12/h12H,2-10H2,1H3. The molecule has 2 saturated heterocycles. The Hall–Kier alpha value is -1.11. The summed E-state index contributed by atoms with van der Waals surface area (Å²) in [4.78, 5) is 26.9. The summed E-state index contributed by atoms with van der Waals surface area (Å²) in [6.45, 7) is 3.79. The zero-order chi connectivity index (χ0) is 14.8. The molecule has 1 unspecified atom stereocenters. The molecule has 0 radical (unpaired) electrons. The molecular weight excluding hydrogens is 280 g/mol. The van der Waals surface area contributed by atoms with Crippen LogP contribution in [0, 0.1) is 5.92 Å². The summed E-state index contributed by atoms with van der Waals surface area (Å²) in [5.41, 5.74) is 0. The van der Waals surface area contributed by atoms with E-state index >= 15 is 0 Å². The number of hydrogen-bond acceptors (Lipinski definition) is 4. The lowest BCUT2D eigenvalue weighted by Crippen LogP contribution is -2.50. The zero-order valence-electron chi connectivity index (χ0n) is 11.9. The van der Waals surface area contributed by atoms with Crippen LogP contribution in [-0.2, 0) is 19.4 Å². The molecule has 2 aliphatic heterocycles. The van der Waals surface area contributed by atoms with Crippen molar-refractivity contribution in [1.82, 2.24) is 9.80 Å². The van der Waals surface area contributed by atoms with Gasteiger partial charge in [0, 0.05) is 39.5 Å². The van der Waals surface area contributed by atoms with Crippen molar-refractivity contribution in [3.8, 4) is 0 Å². The van der Waals surface area contributed by atoms with Crippen LogP contribution in [-0.4, -0.2) is 67.7 Å². The van der Waals surface area contributed by atoms with Gasteiger partial charge in [0.1, 0.15) is 0 Å². The number of carbonyl (C=O) groups is 2. The highest BCUT2D eigenvalue weighted by Crippen LogP contribution is 2.22. The van der Waals surface area contributed by atoms with Crippen molar-refractivity contribution in [3.63, 3.8) is 0 Å². The molecule has 1 atom stereocenters. The van der Waals surface area contributed by atoms with E-state index in [1.807, 2.05) is 0 Å². The van der Waals surface area contributed by atoms with Crippen molar-refractivity contribution in [1.29, 1.82) is 0 Å². The van der Waals surface area contributed by atoms with Gasteiger partial charge in [-0.25, -0.2) is 8.42 Å². The lowest BCUT2D eigenvalue weighted by Gasteiger charge is -2.35. The molecule has 7 heteroatoms. The smallest absolute Gasteiger partial charge is 0.223 e. The molecule has 0 spiro atoms. The van der Waals surface area contributed by atoms with Gasteiger partial charge in [0.25, 0.3) is 0 Å². The van der Waals surface area contributed by atoms with Crippen LogP contribution in [0.5, 0.6) is 0 Å². The Kier molecular flexibility index (Phi) is 4.67. The monoisotopic (exact) mass is 302 g/mol. The van der Waals surface area contributed by atoms with Crippen molar-refractivity contribution in [2.75, 3.05) is 37.7 Å². The molecule has 20 heavy (non-hydrogen) atoms. The minimum Gasteiger partial charge on any atom is -0.339 e. The average molecular weight is 302 g/mol. The van der Waals surface area contributed by atoms with E-state index in [2.05, 4.69) is 0 Å². The number of nitrogens with zero attached hydrogens (tertiary/aromatic N) is 2. The van der Waals surface area contributed by atoms with Gasteiger partial charge in [-0.3, -0.25) is 9.59 Å². The highest BCUT2D eigenvalue weighted by molar-refractivity contribution is 7.91. The SMILES string of the molecule is CC(=O)N1CCN(C(=O)CC2CCCS(=O)(=O)C2)CC1. The van der Waals surface area contributed by atoms with Crippen LogP contribution in [0.2, 0.25) is 0 Å².